The van der Waals surface area contributed by atoms with Gasteiger partial charge in [-0.15, -0.1) is 0 Å². The second-order valence-corrected chi connectivity index (χ2v) is 10.4. The molecule has 7 nitrogen and oxygen atoms in total. The Kier molecular flexibility index (Phi) is 5.76. The van der Waals surface area contributed by atoms with Gasteiger partial charge in [0, 0.05) is 47.4 Å². The van der Waals surface area contributed by atoms with E-state index in [9.17, 15) is 5.11 Å². The SMILES string of the molecule is CC1CN(c2ccc(N3c4c(cnc5ccc(-c6cnc7ccccc7c6)cc45)C=CC3O)cn2)CC(C)O1. The van der Waals surface area contributed by atoms with Gasteiger partial charge in [0.05, 0.1) is 40.8 Å². The summed E-state index contributed by atoms with van der Waals surface area (Å²) in [7, 11) is 0. The second-order valence-electron chi connectivity index (χ2n) is 10.4. The summed E-state index contributed by atoms with van der Waals surface area (Å²) in [6.45, 7) is 5.78. The zero-order valence-electron chi connectivity index (χ0n) is 21.9. The zero-order valence-corrected chi connectivity index (χ0v) is 21.9. The van der Waals surface area contributed by atoms with Crippen molar-refractivity contribution in [1.29, 1.82) is 0 Å². The number of hydrogen-bond acceptors (Lipinski definition) is 7. The van der Waals surface area contributed by atoms with E-state index < -0.39 is 6.23 Å². The van der Waals surface area contributed by atoms with Crippen molar-refractivity contribution in [2.24, 2.45) is 0 Å². The van der Waals surface area contributed by atoms with Crippen LogP contribution in [0.5, 0.6) is 0 Å². The molecule has 1 N–H and O–H groups in total. The van der Waals surface area contributed by atoms with E-state index in [4.69, 9.17) is 14.7 Å². The van der Waals surface area contributed by atoms with Gasteiger partial charge in [0.25, 0.3) is 0 Å². The number of benzene rings is 2. The Morgan fingerprint density at radius 3 is 2.46 bits per heavy atom. The van der Waals surface area contributed by atoms with E-state index in [0.29, 0.717) is 0 Å². The minimum Gasteiger partial charge on any atom is -0.372 e. The molecule has 2 aliphatic rings. The highest BCUT2D eigenvalue weighted by molar-refractivity contribution is 6.01. The molecule has 0 radical (unpaired) electrons. The summed E-state index contributed by atoms with van der Waals surface area (Å²) < 4.78 is 5.89. The van der Waals surface area contributed by atoms with Gasteiger partial charge in [-0.05, 0) is 61.9 Å². The number of aliphatic hydroxyl groups is 1. The Morgan fingerprint density at radius 2 is 1.64 bits per heavy atom. The lowest BCUT2D eigenvalue weighted by Gasteiger charge is -2.36. The molecule has 0 amide bonds. The van der Waals surface area contributed by atoms with Gasteiger partial charge in [0.2, 0.25) is 0 Å². The first kappa shape index (κ1) is 23.8. The number of pyridine rings is 3. The number of morpholine rings is 1. The molecular formula is C32H29N5O2. The van der Waals surface area contributed by atoms with E-state index in [0.717, 1.165) is 68.8 Å². The third-order valence-electron chi connectivity index (χ3n) is 7.50. The van der Waals surface area contributed by atoms with Crippen LogP contribution in [-0.2, 0) is 4.74 Å². The monoisotopic (exact) mass is 515 g/mol. The highest BCUT2D eigenvalue weighted by Crippen LogP contribution is 2.41. The normalized spacial score (nSPS) is 20.9. The lowest BCUT2D eigenvalue weighted by Crippen LogP contribution is -2.45. The summed E-state index contributed by atoms with van der Waals surface area (Å²) in [6, 6.07) is 20.6. The summed E-state index contributed by atoms with van der Waals surface area (Å²) in [5, 5.41) is 13.2. The van der Waals surface area contributed by atoms with Crippen molar-refractivity contribution in [2.75, 3.05) is 22.9 Å². The molecule has 1 fully saturated rings. The predicted molar refractivity (Wildman–Crippen MR) is 156 cm³/mol. The van der Waals surface area contributed by atoms with Crippen LogP contribution in [0.2, 0.25) is 0 Å². The molecule has 194 valence electrons. The van der Waals surface area contributed by atoms with E-state index in [-0.39, 0.29) is 12.2 Å². The minimum absolute atomic E-state index is 0.155. The van der Waals surface area contributed by atoms with Gasteiger partial charge in [-0.1, -0.05) is 30.3 Å². The number of fused-ring (bicyclic) bond motifs is 4. The van der Waals surface area contributed by atoms with Crippen LogP contribution in [-0.4, -0.2) is 51.6 Å². The van der Waals surface area contributed by atoms with Crippen molar-refractivity contribution < 1.29 is 9.84 Å². The van der Waals surface area contributed by atoms with Crippen LogP contribution in [0.15, 0.2) is 85.3 Å². The van der Waals surface area contributed by atoms with Crippen LogP contribution in [0.25, 0.3) is 39.0 Å². The van der Waals surface area contributed by atoms with Crippen molar-refractivity contribution in [3.63, 3.8) is 0 Å². The highest BCUT2D eigenvalue weighted by atomic mass is 16.5. The molecule has 5 heterocycles. The molecule has 1 saturated heterocycles. The van der Waals surface area contributed by atoms with Gasteiger partial charge < -0.3 is 19.6 Å². The number of rotatable bonds is 3. The maximum Gasteiger partial charge on any atom is 0.150 e. The summed E-state index contributed by atoms with van der Waals surface area (Å²) in [5.74, 6) is 0.911. The summed E-state index contributed by atoms with van der Waals surface area (Å²) in [5.41, 5.74) is 6.58. The molecule has 2 aliphatic heterocycles. The van der Waals surface area contributed by atoms with Crippen molar-refractivity contribution in [3.8, 4) is 11.1 Å². The number of nitrogens with zero attached hydrogens (tertiary/aromatic N) is 5. The smallest absolute Gasteiger partial charge is 0.150 e. The van der Waals surface area contributed by atoms with E-state index in [1.807, 2.05) is 66.0 Å². The fourth-order valence-electron chi connectivity index (χ4n) is 5.76. The Hall–Kier alpha value is -4.33. The lowest BCUT2D eigenvalue weighted by molar-refractivity contribution is -0.00545. The Balaban J connectivity index is 1.30. The summed E-state index contributed by atoms with van der Waals surface area (Å²) in [6.07, 6.45) is 8.82. The van der Waals surface area contributed by atoms with Crippen LogP contribution < -0.4 is 9.80 Å². The van der Waals surface area contributed by atoms with Crippen LogP contribution in [0.1, 0.15) is 19.4 Å². The van der Waals surface area contributed by atoms with Crippen LogP contribution in [0.4, 0.5) is 17.2 Å². The molecule has 39 heavy (non-hydrogen) atoms. The van der Waals surface area contributed by atoms with Crippen molar-refractivity contribution in [2.45, 2.75) is 32.3 Å². The van der Waals surface area contributed by atoms with E-state index >= 15 is 0 Å². The first-order valence-corrected chi connectivity index (χ1v) is 13.3. The highest BCUT2D eigenvalue weighted by Gasteiger charge is 2.27. The number of hydrogen-bond donors (Lipinski definition) is 1. The third kappa shape index (κ3) is 4.30. The third-order valence-corrected chi connectivity index (χ3v) is 7.50. The maximum atomic E-state index is 11.2. The molecular weight excluding hydrogens is 486 g/mol. The second kappa shape index (κ2) is 9.45. The molecule has 0 bridgehead atoms. The van der Waals surface area contributed by atoms with Crippen molar-refractivity contribution >= 4 is 45.1 Å². The summed E-state index contributed by atoms with van der Waals surface area (Å²) >= 11 is 0. The van der Waals surface area contributed by atoms with Crippen LogP contribution >= 0.6 is 0 Å². The molecule has 0 saturated carbocycles. The maximum absolute atomic E-state index is 11.2. The van der Waals surface area contributed by atoms with E-state index in [1.165, 1.54) is 0 Å². The fraction of sp³-hybridized carbons (Fsp3) is 0.219. The van der Waals surface area contributed by atoms with E-state index in [1.54, 1.807) is 6.08 Å². The fourth-order valence-corrected chi connectivity index (χ4v) is 5.76. The number of aromatic nitrogens is 3. The molecule has 3 unspecified atom stereocenters. The number of aliphatic hydroxyl groups excluding tert-OH is 1. The first-order chi connectivity index (χ1) is 19.0. The largest absolute Gasteiger partial charge is 0.372 e. The predicted octanol–water partition coefficient (Wildman–Crippen LogP) is 5.94. The first-order valence-electron chi connectivity index (χ1n) is 13.3. The van der Waals surface area contributed by atoms with Gasteiger partial charge in [0.1, 0.15) is 5.82 Å². The lowest BCUT2D eigenvalue weighted by atomic mass is 9.99. The number of para-hydroxylation sites is 1. The van der Waals surface area contributed by atoms with Gasteiger partial charge in [-0.2, -0.15) is 0 Å². The van der Waals surface area contributed by atoms with Crippen molar-refractivity contribution in [1.82, 2.24) is 15.0 Å². The average molecular weight is 516 g/mol. The number of anilines is 3. The Labute approximate surface area is 227 Å². The van der Waals surface area contributed by atoms with Crippen molar-refractivity contribution in [3.05, 3.63) is 90.9 Å². The molecule has 2 aromatic carbocycles. The summed E-state index contributed by atoms with van der Waals surface area (Å²) in [4.78, 5) is 18.4. The number of ether oxygens (including phenoxy) is 1. The molecule has 0 spiro atoms. The van der Waals surface area contributed by atoms with Crippen LogP contribution in [0.3, 0.4) is 0 Å². The topological polar surface area (TPSA) is 74.6 Å². The molecule has 5 aromatic rings. The molecule has 3 aromatic heterocycles. The Morgan fingerprint density at radius 1 is 0.821 bits per heavy atom. The molecule has 7 heteroatoms. The van der Waals surface area contributed by atoms with Crippen LogP contribution in [0, 0.1) is 0 Å². The zero-order chi connectivity index (χ0) is 26.5. The molecule has 7 rings (SSSR count). The standard InChI is InChI=1S/C32H29N5O2/c1-20-18-36(19-21(2)39-20)30-11-9-26(17-35-30)37-31(38)12-8-24-15-34-29-10-7-22(14-27(29)32(24)37)25-13-23-5-3-4-6-28(23)33-16-25/h3-17,20-21,31,38H,18-19H2,1-2H3. The molecule has 3 atom stereocenters. The Bertz CT molecular complexity index is 1710. The van der Waals surface area contributed by atoms with E-state index in [2.05, 4.69) is 48.0 Å². The van der Waals surface area contributed by atoms with Gasteiger partial charge in [-0.3, -0.25) is 9.97 Å². The average Bonchev–Trinajstić information content (AvgIpc) is 2.96. The van der Waals surface area contributed by atoms with Gasteiger partial charge >= 0.3 is 0 Å². The van der Waals surface area contributed by atoms with Gasteiger partial charge in [-0.25, -0.2) is 4.98 Å². The molecule has 0 aliphatic carbocycles. The minimum atomic E-state index is -0.829. The van der Waals surface area contributed by atoms with Gasteiger partial charge in [0.15, 0.2) is 6.23 Å². The quantitative estimate of drug-likeness (QED) is 0.319.